The number of aromatic nitrogens is 5. The predicted molar refractivity (Wildman–Crippen MR) is 96.7 cm³/mol. The molecule has 7 heteroatoms. The Morgan fingerprint density at radius 1 is 1.08 bits per heavy atom. The highest BCUT2D eigenvalue weighted by Crippen LogP contribution is 2.10. The minimum atomic E-state index is -0.182. The van der Waals surface area contributed by atoms with Gasteiger partial charge in [-0.25, -0.2) is 9.50 Å². The minimum absolute atomic E-state index is 0.182. The number of carbonyl (C=O) groups is 1. The molecule has 0 unspecified atom stereocenters. The number of rotatable bonds is 5. The van der Waals surface area contributed by atoms with Crippen molar-refractivity contribution in [3.8, 4) is 0 Å². The number of benzene rings is 1. The van der Waals surface area contributed by atoms with E-state index in [0.717, 1.165) is 23.4 Å². The second kappa shape index (κ2) is 6.79. The van der Waals surface area contributed by atoms with Crippen LogP contribution in [0.1, 0.15) is 27.2 Å². The van der Waals surface area contributed by atoms with Crippen LogP contribution in [-0.4, -0.2) is 30.3 Å². The lowest BCUT2D eigenvalue weighted by Gasteiger charge is -2.06. The highest BCUT2D eigenvalue weighted by atomic mass is 16.1. The van der Waals surface area contributed by atoms with Crippen LogP contribution in [0.5, 0.6) is 0 Å². The van der Waals surface area contributed by atoms with Crippen molar-refractivity contribution >= 4 is 11.6 Å². The average molecular weight is 346 g/mol. The van der Waals surface area contributed by atoms with Crippen LogP contribution in [0, 0.1) is 6.92 Å². The van der Waals surface area contributed by atoms with E-state index in [1.54, 1.807) is 23.1 Å². The standard InChI is InChI=1S/C19H18N6O/c1-14-7-10-25-18(23-14)17(12-22-25)19(26)20-11-15-3-5-16(6-4-15)13-24-9-2-8-21-24/h2-10,12H,11,13H2,1H3,(H,20,26). The fourth-order valence-corrected chi connectivity index (χ4v) is 2.74. The summed E-state index contributed by atoms with van der Waals surface area (Å²) in [7, 11) is 0. The van der Waals surface area contributed by atoms with Gasteiger partial charge in [0.05, 0.1) is 12.7 Å². The third kappa shape index (κ3) is 3.32. The van der Waals surface area contributed by atoms with Crippen LogP contribution in [0.2, 0.25) is 0 Å². The van der Waals surface area contributed by atoms with Gasteiger partial charge >= 0.3 is 0 Å². The first-order chi connectivity index (χ1) is 12.7. The number of nitrogens with zero attached hydrogens (tertiary/aromatic N) is 5. The molecule has 0 spiro atoms. The van der Waals surface area contributed by atoms with Crippen LogP contribution in [-0.2, 0) is 13.1 Å². The normalized spacial score (nSPS) is 11.0. The molecule has 7 nitrogen and oxygen atoms in total. The van der Waals surface area contributed by atoms with E-state index in [1.165, 1.54) is 0 Å². The van der Waals surface area contributed by atoms with E-state index in [2.05, 4.69) is 20.5 Å². The molecule has 0 atom stereocenters. The van der Waals surface area contributed by atoms with Crippen LogP contribution in [0.3, 0.4) is 0 Å². The van der Waals surface area contributed by atoms with E-state index in [4.69, 9.17) is 0 Å². The van der Waals surface area contributed by atoms with Gasteiger partial charge in [-0.3, -0.25) is 9.48 Å². The molecule has 1 aromatic carbocycles. The summed E-state index contributed by atoms with van der Waals surface area (Å²) in [5, 5.41) is 11.3. The van der Waals surface area contributed by atoms with Gasteiger partial charge < -0.3 is 5.32 Å². The number of fused-ring (bicyclic) bond motifs is 1. The van der Waals surface area contributed by atoms with Gasteiger partial charge in [0.15, 0.2) is 5.65 Å². The molecule has 1 N–H and O–H groups in total. The molecule has 130 valence electrons. The summed E-state index contributed by atoms with van der Waals surface area (Å²) in [6.45, 7) is 3.07. The maximum Gasteiger partial charge on any atom is 0.257 e. The Balaban J connectivity index is 1.41. The molecule has 0 saturated carbocycles. The molecular weight excluding hydrogens is 328 g/mol. The zero-order valence-electron chi connectivity index (χ0n) is 14.3. The second-order valence-corrected chi connectivity index (χ2v) is 6.10. The molecular formula is C19H18N6O. The molecule has 26 heavy (non-hydrogen) atoms. The summed E-state index contributed by atoms with van der Waals surface area (Å²) in [5.74, 6) is -0.182. The fourth-order valence-electron chi connectivity index (χ4n) is 2.74. The third-order valence-electron chi connectivity index (χ3n) is 4.13. The van der Waals surface area contributed by atoms with Gasteiger partial charge in [-0.05, 0) is 30.2 Å². The Labute approximate surface area is 150 Å². The molecule has 3 heterocycles. The Morgan fingerprint density at radius 3 is 2.65 bits per heavy atom. The van der Waals surface area contributed by atoms with Crippen molar-refractivity contribution in [2.45, 2.75) is 20.0 Å². The van der Waals surface area contributed by atoms with Crippen LogP contribution in [0.4, 0.5) is 0 Å². The van der Waals surface area contributed by atoms with Crippen molar-refractivity contribution in [2.75, 3.05) is 0 Å². The molecule has 4 rings (SSSR count). The molecule has 0 radical (unpaired) electrons. The van der Waals surface area contributed by atoms with Crippen molar-refractivity contribution in [3.63, 3.8) is 0 Å². The largest absolute Gasteiger partial charge is 0.348 e. The van der Waals surface area contributed by atoms with Gasteiger partial charge in [-0.1, -0.05) is 24.3 Å². The van der Waals surface area contributed by atoms with Crippen molar-refractivity contribution in [3.05, 3.63) is 83.6 Å². The summed E-state index contributed by atoms with van der Waals surface area (Å²) in [6, 6.07) is 11.9. The lowest BCUT2D eigenvalue weighted by molar-refractivity contribution is 0.0952. The van der Waals surface area contributed by atoms with Gasteiger partial charge in [0.2, 0.25) is 0 Å². The first kappa shape index (κ1) is 16.0. The summed E-state index contributed by atoms with van der Waals surface area (Å²) in [5.41, 5.74) is 4.08. The van der Waals surface area contributed by atoms with E-state index in [1.807, 2.05) is 54.2 Å². The molecule has 3 aromatic heterocycles. The van der Waals surface area contributed by atoms with Crippen LogP contribution < -0.4 is 5.32 Å². The van der Waals surface area contributed by atoms with E-state index < -0.39 is 0 Å². The molecule has 0 saturated heterocycles. The van der Waals surface area contributed by atoms with Crippen LogP contribution >= 0.6 is 0 Å². The Hall–Kier alpha value is -3.48. The number of hydrogen-bond acceptors (Lipinski definition) is 4. The highest BCUT2D eigenvalue weighted by Gasteiger charge is 2.13. The number of aryl methyl sites for hydroxylation is 1. The summed E-state index contributed by atoms with van der Waals surface area (Å²) >= 11 is 0. The van der Waals surface area contributed by atoms with Crippen molar-refractivity contribution in [1.82, 2.24) is 29.7 Å². The van der Waals surface area contributed by atoms with Gasteiger partial charge in [-0.15, -0.1) is 0 Å². The maximum atomic E-state index is 12.5. The van der Waals surface area contributed by atoms with Gasteiger partial charge in [0.25, 0.3) is 5.91 Å². The van der Waals surface area contributed by atoms with E-state index in [0.29, 0.717) is 17.8 Å². The molecule has 4 aromatic rings. The minimum Gasteiger partial charge on any atom is -0.348 e. The number of hydrogen-bond donors (Lipinski definition) is 1. The van der Waals surface area contributed by atoms with E-state index in [9.17, 15) is 4.79 Å². The van der Waals surface area contributed by atoms with Crippen molar-refractivity contribution in [2.24, 2.45) is 0 Å². The summed E-state index contributed by atoms with van der Waals surface area (Å²) in [6.07, 6.45) is 7.04. The lowest BCUT2D eigenvalue weighted by atomic mass is 10.1. The van der Waals surface area contributed by atoms with Crippen LogP contribution in [0.15, 0.2) is 61.2 Å². The SMILES string of the molecule is Cc1ccn2ncc(C(=O)NCc3ccc(Cn4cccn4)cc3)c2n1. The predicted octanol–water partition coefficient (Wildman–Crippen LogP) is 2.21. The first-order valence-corrected chi connectivity index (χ1v) is 8.33. The zero-order valence-corrected chi connectivity index (χ0v) is 14.3. The lowest BCUT2D eigenvalue weighted by Crippen LogP contribution is -2.22. The quantitative estimate of drug-likeness (QED) is 0.601. The summed E-state index contributed by atoms with van der Waals surface area (Å²) < 4.78 is 3.48. The Kier molecular flexibility index (Phi) is 4.18. The molecule has 0 aliphatic carbocycles. The number of nitrogens with one attached hydrogen (secondary N) is 1. The van der Waals surface area contributed by atoms with Crippen LogP contribution in [0.25, 0.3) is 5.65 Å². The Morgan fingerprint density at radius 2 is 1.88 bits per heavy atom. The van der Waals surface area contributed by atoms with Gasteiger partial charge in [0.1, 0.15) is 5.56 Å². The second-order valence-electron chi connectivity index (χ2n) is 6.10. The molecule has 0 aliphatic heterocycles. The van der Waals surface area contributed by atoms with E-state index >= 15 is 0 Å². The molecule has 1 amide bonds. The fraction of sp³-hybridized carbons (Fsp3) is 0.158. The maximum absolute atomic E-state index is 12.5. The molecule has 0 aliphatic rings. The van der Waals surface area contributed by atoms with Gasteiger partial charge in [-0.2, -0.15) is 10.2 Å². The monoisotopic (exact) mass is 346 g/mol. The smallest absolute Gasteiger partial charge is 0.257 e. The van der Waals surface area contributed by atoms with Crippen molar-refractivity contribution < 1.29 is 4.79 Å². The first-order valence-electron chi connectivity index (χ1n) is 8.33. The number of amides is 1. The van der Waals surface area contributed by atoms with Crippen molar-refractivity contribution in [1.29, 1.82) is 0 Å². The topological polar surface area (TPSA) is 77.1 Å². The average Bonchev–Trinajstić information content (AvgIpc) is 3.30. The number of carbonyl (C=O) groups excluding carboxylic acids is 1. The van der Waals surface area contributed by atoms with E-state index in [-0.39, 0.29) is 5.91 Å². The Bertz CT molecular complexity index is 1030. The molecule has 0 bridgehead atoms. The highest BCUT2D eigenvalue weighted by molar-refractivity contribution is 5.99. The van der Waals surface area contributed by atoms with Gasteiger partial charge in [0, 0.05) is 30.8 Å². The third-order valence-corrected chi connectivity index (χ3v) is 4.13. The summed E-state index contributed by atoms with van der Waals surface area (Å²) in [4.78, 5) is 16.9. The molecule has 0 fully saturated rings. The zero-order chi connectivity index (χ0) is 17.9.